The van der Waals surface area contributed by atoms with E-state index in [1.807, 2.05) is 24.3 Å². The van der Waals surface area contributed by atoms with Gasteiger partial charge in [0.1, 0.15) is 11.6 Å². The third-order valence-electron chi connectivity index (χ3n) is 3.79. The van der Waals surface area contributed by atoms with Crippen LogP contribution in [0.3, 0.4) is 0 Å². The van der Waals surface area contributed by atoms with Gasteiger partial charge in [-0.25, -0.2) is 14.4 Å². The Balaban J connectivity index is 1.59. The number of halogens is 2. The van der Waals surface area contributed by atoms with Gasteiger partial charge >= 0.3 is 0 Å². The van der Waals surface area contributed by atoms with Crippen LogP contribution in [0, 0.1) is 12.7 Å². The fourth-order valence-electron chi connectivity index (χ4n) is 2.64. The Kier molecular flexibility index (Phi) is 4.67. The van der Waals surface area contributed by atoms with E-state index in [0.717, 1.165) is 10.9 Å². The maximum atomic E-state index is 13.8. The highest BCUT2D eigenvalue weighted by Crippen LogP contribution is 2.24. The number of hydrogen-bond donors (Lipinski definition) is 1. The van der Waals surface area contributed by atoms with Crippen molar-refractivity contribution in [2.24, 2.45) is 0 Å². The van der Waals surface area contributed by atoms with Crippen LogP contribution in [0.15, 0.2) is 47.6 Å². The second-order valence-corrected chi connectivity index (χ2v) is 7.15. The second kappa shape index (κ2) is 7.13. The topological polar surface area (TPSA) is 72.2 Å². The molecule has 2 aromatic carbocycles. The van der Waals surface area contributed by atoms with Crippen LogP contribution in [0.2, 0.25) is 5.02 Å². The summed E-state index contributed by atoms with van der Waals surface area (Å²) in [6, 6.07) is 11.6. The molecule has 4 rings (SSSR count). The van der Waals surface area contributed by atoms with E-state index in [4.69, 9.17) is 11.6 Å². The molecule has 0 saturated heterocycles. The first kappa shape index (κ1) is 17.7. The van der Waals surface area contributed by atoms with Gasteiger partial charge in [-0.2, -0.15) is 4.52 Å². The van der Waals surface area contributed by atoms with Crippen LogP contribution in [-0.4, -0.2) is 31.2 Å². The molecule has 0 aliphatic heterocycles. The van der Waals surface area contributed by atoms with Gasteiger partial charge in [0.2, 0.25) is 5.91 Å². The first-order chi connectivity index (χ1) is 13.0. The summed E-state index contributed by atoms with van der Waals surface area (Å²) in [5.41, 5.74) is 1.49. The van der Waals surface area contributed by atoms with Crippen molar-refractivity contribution in [1.82, 2.24) is 19.6 Å². The van der Waals surface area contributed by atoms with E-state index in [1.165, 1.54) is 30.0 Å². The van der Waals surface area contributed by atoms with Crippen LogP contribution in [0.1, 0.15) is 5.82 Å². The third-order valence-corrected chi connectivity index (χ3v) is 4.95. The van der Waals surface area contributed by atoms with Gasteiger partial charge in [0, 0.05) is 10.4 Å². The number of nitrogens with one attached hydrogen (secondary N) is 1. The van der Waals surface area contributed by atoms with Crippen LogP contribution in [0.4, 0.5) is 10.1 Å². The number of aryl methyl sites for hydroxylation is 1. The van der Waals surface area contributed by atoms with E-state index in [2.05, 4.69) is 20.4 Å². The lowest BCUT2D eigenvalue weighted by Crippen LogP contribution is -2.15. The molecule has 1 amide bonds. The van der Waals surface area contributed by atoms with Gasteiger partial charge in [0.05, 0.1) is 17.0 Å². The number of anilines is 1. The molecule has 0 radical (unpaired) electrons. The van der Waals surface area contributed by atoms with Gasteiger partial charge in [-0.1, -0.05) is 35.5 Å². The fourth-order valence-corrected chi connectivity index (χ4v) is 3.55. The van der Waals surface area contributed by atoms with Gasteiger partial charge in [-0.3, -0.25) is 4.79 Å². The minimum absolute atomic E-state index is 0.0330. The SMILES string of the molecule is Cc1nc2c3ccccc3nc(SCC(=O)Nc3cc(Cl)ccc3F)n2n1. The Morgan fingerprint density at radius 1 is 1.26 bits per heavy atom. The van der Waals surface area contributed by atoms with Crippen LogP contribution in [0.5, 0.6) is 0 Å². The number of carbonyl (C=O) groups is 1. The third kappa shape index (κ3) is 3.58. The molecule has 1 N–H and O–H groups in total. The van der Waals surface area contributed by atoms with Crippen molar-refractivity contribution >= 4 is 51.5 Å². The molecular weight excluding hydrogens is 389 g/mol. The van der Waals surface area contributed by atoms with Crippen LogP contribution < -0.4 is 5.32 Å². The summed E-state index contributed by atoms with van der Waals surface area (Å²) >= 11 is 7.04. The molecule has 0 aliphatic carbocycles. The zero-order valence-electron chi connectivity index (χ0n) is 14.1. The van der Waals surface area contributed by atoms with Gasteiger partial charge in [-0.15, -0.1) is 5.10 Å². The Morgan fingerprint density at radius 3 is 2.93 bits per heavy atom. The molecule has 9 heteroatoms. The zero-order chi connectivity index (χ0) is 19.0. The summed E-state index contributed by atoms with van der Waals surface area (Å²) in [7, 11) is 0. The molecule has 0 fully saturated rings. The summed E-state index contributed by atoms with van der Waals surface area (Å²) in [6.45, 7) is 1.80. The molecule has 6 nitrogen and oxygen atoms in total. The number of aromatic nitrogens is 4. The van der Waals surface area contributed by atoms with Crippen molar-refractivity contribution in [2.75, 3.05) is 11.1 Å². The Labute approximate surface area is 162 Å². The van der Waals surface area contributed by atoms with Crippen LogP contribution in [-0.2, 0) is 4.79 Å². The number of thioether (sulfide) groups is 1. The van der Waals surface area contributed by atoms with Gasteiger partial charge in [-0.05, 0) is 37.3 Å². The molecule has 0 unspecified atom stereocenters. The van der Waals surface area contributed by atoms with E-state index >= 15 is 0 Å². The number of hydrogen-bond acceptors (Lipinski definition) is 5. The van der Waals surface area contributed by atoms with Crippen molar-refractivity contribution < 1.29 is 9.18 Å². The minimum Gasteiger partial charge on any atom is -0.323 e. The molecule has 4 aromatic rings. The highest BCUT2D eigenvalue weighted by atomic mass is 35.5. The quantitative estimate of drug-likeness (QED) is 0.411. The number of nitrogens with zero attached hydrogens (tertiary/aromatic N) is 4. The number of amides is 1. The van der Waals surface area contributed by atoms with E-state index in [0.29, 0.717) is 21.7 Å². The van der Waals surface area contributed by atoms with Gasteiger partial charge < -0.3 is 5.32 Å². The average molecular weight is 402 g/mol. The largest absolute Gasteiger partial charge is 0.323 e. The van der Waals surface area contributed by atoms with E-state index in [-0.39, 0.29) is 17.3 Å². The van der Waals surface area contributed by atoms with Crippen molar-refractivity contribution in [3.63, 3.8) is 0 Å². The number of rotatable bonds is 4. The molecule has 2 aromatic heterocycles. The molecule has 27 heavy (non-hydrogen) atoms. The van der Waals surface area contributed by atoms with E-state index in [1.54, 1.807) is 11.4 Å². The Hall–Kier alpha value is -2.71. The number of para-hydroxylation sites is 1. The lowest BCUT2D eigenvalue weighted by molar-refractivity contribution is -0.113. The number of fused-ring (bicyclic) bond motifs is 3. The Morgan fingerprint density at radius 2 is 2.07 bits per heavy atom. The highest BCUT2D eigenvalue weighted by molar-refractivity contribution is 7.99. The number of benzene rings is 2. The van der Waals surface area contributed by atoms with Gasteiger partial charge in [0.25, 0.3) is 0 Å². The first-order valence-corrected chi connectivity index (χ1v) is 9.37. The van der Waals surface area contributed by atoms with Crippen molar-refractivity contribution in [2.45, 2.75) is 12.1 Å². The summed E-state index contributed by atoms with van der Waals surface area (Å²) in [6.07, 6.45) is 0. The molecular formula is C18H13ClFN5OS. The summed E-state index contributed by atoms with van der Waals surface area (Å²) in [4.78, 5) is 21.3. The van der Waals surface area contributed by atoms with Crippen molar-refractivity contribution in [3.8, 4) is 0 Å². The second-order valence-electron chi connectivity index (χ2n) is 5.77. The number of carbonyl (C=O) groups excluding carboxylic acids is 1. The van der Waals surface area contributed by atoms with Crippen LogP contribution >= 0.6 is 23.4 Å². The monoisotopic (exact) mass is 401 g/mol. The lowest BCUT2D eigenvalue weighted by Gasteiger charge is -2.08. The average Bonchev–Trinajstić information content (AvgIpc) is 3.04. The molecule has 0 saturated carbocycles. The first-order valence-electron chi connectivity index (χ1n) is 8.01. The summed E-state index contributed by atoms with van der Waals surface area (Å²) in [5.74, 6) is -0.275. The lowest BCUT2D eigenvalue weighted by atomic mass is 10.2. The smallest absolute Gasteiger partial charge is 0.234 e. The standard InChI is InChI=1S/C18H13ClFN5OS/c1-10-21-17-12-4-2-3-5-14(12)23-18(25(17)24-10)27-9-16(26)22-15-8-11(19)6-7-13(15)20/h2-8H,9H2,1H3,(H,22,26). The Bertz CT molecular complexity index is 1180. The minimum atomic E-state index is -0.545. The van der Waals surface area contributed by atoms with Crippen LogP contribution in [0.25, 0.3) is 16.6 Å². The fraction of sp³-hybridized carbons (Fsp3) is 0.111. The van der Waals surface area contributed by atoms with Gasteiger partial charge in [0.15, 0.2) is 10.8 Å². The summed E-state index contributed by atoms with van der Waals surface area (Å²) in [5, 5.41) is 8.64. The predicted octanol–water partition coefficient (Wildman–Crippen LogP) is 4.11. The molecule has 0 bridgehead atoms. The maximum Gasteiger partial charge on any atom is 0.234 e. The molecule has 2 heterocycles. The van der Waals surface area contributed by atoms with Crippen molar-refractivity contribution in [3.05, 3.63) is 59.1 Å². The van der Waals surface area contributed by atoms with E-state index in [9.17, 15) is 9.18 Å². The molecule has 0 aliphatic rings. The predicted molar refractivity (Wildman–Crippen MR) is 104 cm³/mol. The van der Waals surface area contributed by atoms with Crippen molar-refractivity contribution in [1.29, 1.82) is 0 Å². The molecule has 0 atom stereocenters. The zero-order valence-corrected chi connectivity index (χ0v) is 15.7. The normalized spacial score (nSPS) is 11.2. The molecule has 136 valence electrons. The molecule has 0 spiro atoms. The van der Waals surface area contributed by atoms with E-state index < -0.39 is 5.82 Å². The highest BCUT2D eigenvalue weighted by Gasteiger charge is 2.14. The summed E-state index contributed by atoms with van der Waals surface area (Å²) < 4.78 is 15.4. The maximum absolute atomic E-state index is 13.8.